The molecule has 2 aromatic heterocycles. The van der Waals surface area contributed by atoms with Crippen LogP contribution in [-0.2, 0) is 6.54 Å². The lowest BCUT2D eigenvalue weighted by Gasteiger charge is -2.15. The molecule has 7 nitrogen and oxygen atoms in total. The van der Waals surface area contributed by atoms with Crippen LogP contribution < -0.4 is 10.2 Å². The van der Waals surface area contributed by atoms with Crippen LogP contribution in [0, 0.1) is 0 Å². The van der Waals surface area contributed by atoms with Gasteiger partial charge in [0.05, 0.1) is 12.8 Å². The van der Waals surface area contributed by atoms with Crippen molar-refractivity contribution in [1.82, 2.24) is 9.97 Å². The van der Waals surface area contributed by atoms with E-state index in [-0.39, 0.29) is 16.7 Å². The molecule has 0 aromatic carbocycles. The molecular weight excluding hydrogens is 284 g/mol. The summed E-state index contributed by atoms with van der Waals surface area (Å²) in [5.41, 5.74) is -0.191. The third-order valence-corrected chi connectivity index (χ3v) is 2.73. The fourth-order valence-corrected chi connectivity index (χ4v) is 1.75. The minimum atomic E-state index is -1.18. The zero-order valence-corrected chi connectivity index (χ0v) is 11.7. The van der Waals surface area contributed by atoms with E-state index in [0.29, 0.717) is 18.1 Å². The van der Waals surface area contributed by atoms with Crippen LogP contribution in [0.15, 0.2) is 22.8 Å². The molecule has 0 saturated carbocycles. The lowest BCUT2D eigenvalue weighted by Crippen LogP contribution is -2.18. The summed E-state index contributed by atoms with van der Waals surface area (Å²) < 4.78 is 5.18. The van der Waals surface area contributed by atoms with Gasteiger partial charge in [0.1, 0.15) is 5.76 Å². The summed E-state index contributed by atoms with van der Waals surface area (Å²) in [7, 11) is 3.36. The number of nitrogens with one attached hydrogen (secondary N) is 1. The first-order valence-electron chi connectivity index (χ1n) is 5.73. The quantitative estimate of drug-likeness (QED) is 0.873. The molecule has 0 radical (unpaired) electrons. The van der Waals surface area contributed by atoms with E-state index in [1.54, 1.807) is 37.4 Å². The molecule has 2 aromatic rings. The first-order chi connectivity index (χ1) is 9.49. The molecular formula is C12H13ClN4O3. The predicted octanol–water partition coefficient (Wildman–Crippen LogP) is 2.10. The molecule has 0 bridgehead atoms. The first-order valence-corrected chi connectivity index (χ1v) is 6.11. The van der Waals surface area contributed by atoms with Crippen molar-refractivity contribution < 1.29 is 14.3 Å². The van der Waals surface area contributed by atoms with E-state index >= 15 is 0 Å². The number of carbonyl (C=O) groups is 1. The highest BCUT2D eigenvalue weighted by Crippen LogP contribution is 2.24. The molecule has 0 spiro atoms. The molecule has 0 aliphatic carbocycles. The van der Waals surface area contributed by atoms with Crippen molar-refractivity contribution in [2.75, 3.05) is 24.3 Å². The van der Waals surface area contributed by atoms with Crippen molar-refractivity contribution in [3.63, 3.8) is 0 Å². The number of anilines is 2. The zero-order chi connectivity index (χ0) is 14.7. The van der Waals surface area contributed by atoms with Crippen molar-refractivity contribution in [1.29, 1.82) is 0 Å². The number of hydrogen-bond donors (Lipinski definition) is 2. The van der Waals surface area contributed by atoms with Crippen LogP contribution in [0.2, 0.25) is 5.15 Å². The molecule has 20 heavy (non-hydrogen) atoms. The van der Waals surface area contributed by atoms with Crippen molar-refractivity contribution in [2.45, 2.75) is 6.54 Å². The predicted molar refractivity (Wildman–Crippen MR) is 74.4 cm³/mol. The maximum atomic E-state index is 11.1. The molecule has 2 rings (SSSR count). The van der Waals surface area contributed by atoms with Crippen LogP contribution in [0.1, 0.15) is 16.2 Å². The van der Waals surface area contributed by atoms with Crippen LogP contribution in [0.3, 0.4) is 0 Å². The molecule has 0 aliphatic rings. The second kappa shape index (κ2) is 5.79. The van der Waals surface area contributed by atoms with Crippen LogP contribution in [0.25, 0.3) is 0 Å². The molecule has 0 unspecified atom stereocenters. The van der Waals surface area contributed by atoms with Gasteiger partial charge in [0.25, 0.3) is 0 Å². The van der Waals surface area contributed by atoms with E-state index in [0.717, 1.165) is 0 Å². The lowest BCUT2D eigenvalue weighted by molar-refractivity contribution is 0.0691. The van der Waals surface area contributed by atoms with Crippen LogP contribution in [0.5, 0.6) is 0 Å². The van der Waals surface area contributed by atoms with Crippen LogP contribution in [0.4, 0.5) is 11.6 Å². The number of carboxylic acid groups (broad SMARTS) is 1. The topological polar surface area (TPSA) is 91.5 Å². The van der Waals surface area contributed by atoms with Gasteiger partial charge in [0.15, 0.2) is 22.5 Å². The monoisotopic (exact) mass is 296 g/mol. The average molecular weight is 297 g/mol. The summed E-state index contributed by atoms with van der Waals surface area (Å²) in [6.07, 6.45) is 1.56. The van der Waals surface area contributed by atoms with E-state index in [4.69, 9.17) is 21.1 Å². The van der Waals surface area contributed by atoms with Crippen molar-refractivity contribution in [2.24, 2.45) is 0 Å². The molecule has 0 fully saturated rings. The molecule has 106 valence electrons. The van der Waals surface area contributed by atoms with Gasteiger partial charge < -0.3 is 19.7 Å². The Hall–Kier alpha value is -2.28. The highest BCUT2D eigenvalue weighted by atomic mass is 35.5. The van der Waals surface area contributed by atoms with Gasteiger partial charge in [-0.3, -0.25) is 0 Å². The van der Waals surface area contributed by atoms with Crippen molar-refractivity contribution in [3.8, 4) is 0 Å². The Morgan fingerprint density at radius 1 is 1.50 bits per heavy atom. The number of aromatic carboxylic acids is 1. The summed E-state index contributed by atoms with van der Waals surface area (Å²) in [5, 5.41) is 12.0. The minimum Gasteiger partial charge on any atom is -0.476 e. The van der Waals surface area contributed by atoms with Gasteiger partial charge in [-0.1, -0.05) is 11.6 Å². The van der Waals surface area contributed by atoms with Crippen molar-refractivity contribution >= 4 is 29.2 Å². The Morgan fingerprint density at radius 2 is 2.25 bits per heavy atom. The summed E-state index contributed by atoms with van der Waals surface area (Å²) in [6, 6.07) is 3.57. The molecule has 0 atom stereocenters. The lowest BCUT2D eigenvalue weighted by atomic mass is 10.4. The summed E-state index contributed by atoms with van der Waals surface area (Å²) in [6.45, 7) is 0.376. The fraction of sp³-hybridized carbons (Fsp3) is 0.250. The SMILES string of the molecule is CN(C)c1nc(NCc2ccco2)c(Cl)nc1C(=O)O. The molecule has 0 saturated heterocycles. The van der Waals surface area contributed by atoms with E-state index in [1.165, 1.54) is 0 Å². The minimum absolute atomic E-state index is 0.000411. The van der Waals surface area contributed by atoms with Gasteiger partial charge in [0, 0.05) is 14.1 Å². The summed E-state index contributed by atoms with van der Waals surface area (Å²) in [5.74, 6) is 0.0536. The number of rotatable bonds is 5. The number of hydrogen-bond acceptors (Lipinski definition) is 6. The molecule has 2 N–H and O–H groups in total. The van der Waals surface area contributed by atoms with Gasteiger partial charge >= 0.3 is 5.97 Å². The zero-order valence-electron chi connectivity index (χ0n) is 10.9. The Labute approximate surface area is 120 Å². The Kier molecular flexibility index (Phi) is 4.09. The number of carboxylic acids is 1. The Balaban J connectivity index is 2.29. The largest absolute Gasteiger partial charge is 0.476 e. The van der Waals surface area contributed by atoms with Gasteiger partial charge in [-0.05, 0) is 12.1 Å². The third kappa shape index (κ3) is 3.00. The highest BCUT2D eigenvalue weighted by molar-refractivity contribution is 6.31. The molecule has 0 amide bonds. The van der Waals surface area contributed by atoms with Gasteiger partial charge in [-0.15, -0.1) is 0 Å². The number of furan rings is 1. The molecule has 2 heterocycles. The highest BCUT2D eigenvalue weighted by Gasteiger charge is 2.19. The second-order valence-corrected chi connectivity index (χ2v) is 4.53. The Bertz CT molecular complexity index is 613. The smallest absolute Gasteiger partial charge is 0.358 e. The van der Waals surface area contributed by atoms with Gasteiger partial charge in [0.2, 0.25) is 0 Å². The van der Waals surface area contributed by atoms with Crippen molar-refractivity contribution in [3.05, 3.63) is 35.0 Å². The first kappa shape index (κ1) is 14.1. The maximum Gasteiger partial charge on any atom is 0.358 e. The van der Waals surface area contributed by atoms with E-state index in [2.05, 4.69) is 15.3 Å². The van der Waals surface area contributed by atoms with E-state index < -0.39 is 5.97 Å². The summed E-state index contributed by atoms with van der Waals surface area (Å²) in [4.78, 5) is 20.7. The fourth-order valence-electron chi connectivity index (χ4n) is 1.56. The number of halogens is 1. The van der Waals surface area contributed by atoms with Gasteiger partial charge in [-0.2, -0.15) is 0 Å². The second-order valence-electron chi connectivity index (χ2n) is 4.17. The van der Waals surface area contributed by atoms with Crippen LogP contribution in [-0.4, -0.2) is 35.1 Å². The number of aromatic nitrogens is 2. The van der Waals surface area contributed by atoms with E-state index in [9.17, 15) is 4.79 Å². The maximum absolute atomic E-state index is 11.1. The van der Waals surface area contributed by atoms with Crippen LogP contribution >= 0.6 is 11.6 Å². The average Bonchev–Trinajstić information content (AvgIpc) is 2.89. The number of nitrogens with zero attached hydrogens (tertiary/aromatic N) is 3. The molecule has 0 aliphatic heterocycles. The normalized spacial score (nSPS) is 10.3. The third-order valence-electron chi connectivity index (χ3n) is 2.47. The molecule has 8 heteroatoms. The summed E-state index contributed by atoms with van der Waals surface area (Å²) >= 11 is 5.94. The standard InChI is InChI=1S/C12H13ClN4O3/c1-17(2)11-8(12(18)19)15-9(13)10(16-11)14-6-7-4-3-5-20-7/h3-5H,6H2,1-2H3,(H,14,16)(H,18,19). The van der Waals surface area contributed by atoms with Gasteiger partial charge in [-0.25, -0.2) is 14.8 Å². The van der Waals surface area contributed by atoms with E-state index in [1.807, 2.05) is 0 Å². The Morgan fingerprint density at radius 3 is 2.80 bits per heavy atom.